The van der Waals surface area contributed by atoms with Gasteiger partial charge in [0.25, 0.3) is 10.0 Å². The molecule has 0 unspecified atom stereocenters. The number of guanidine groups is 1. The lowest BCUT2D eigenvalue weighted by atomic mass is 10.5. The van der Waals surface area contributed by atoms with Crippen LogP contribution in [0.4, 0.5) is 0 Å². The van der Waals surface area contributed by atoms with Crippen LogP contribution in [0, 0.1) is 0 Å². The smallest absolute Gasteiger partial charge is 0.288 e. The van der Waals surface area contributed by atoms with Gasteiger partial charge in [0.15, 0.2) is 0 Å². The molecule has 1 rings (SSSR count). The predicted molar refractivity (Wildman–Crippen MR) is 57.0 cm³/mol. The van der Waals surface area contributed by atoms with Crippen molar-refractivity contribution in [2.75, 3.05) is 0 Å². The molecule has 0 spiro atoms. The number of hydrogen-bond donors (Lipinski definition) is 2. The van der Waals surface area contributed by atoms with Gasteiger partial charge < -0.3 is 5.73 Å². The Balaban J connectivity index is 3.25. The summed E-state index contributed by atoms with van der Waals surface area (Å²) in [5.41, 5.74) is 5.11. The normalized spacial score (nSPS) is 12.5. The van der Waals surface area contributed by atoms with Gasteiger partial charge in [0.2, 0.25) is 5.96 Å². The number of nitrogens with zero attached hydrogens (tertiary/aromatic N) is 2. The lowest BCUT2D eigenvalue weighted by Gasteiger charge is -2.01. The predicted octanol–water partition coefficient (Wildman–Crippen LogP) is 0.482. The average Bonchev–Trinajstić information content (AvgIpc) is 2.17. The van der Waals surface area contributed by atoms with Gasteiger partial charge in [-0.3, -0.25) is 9.82 Å². The van der Waals surface area contributed by atoms with Crippen LogP contribution in [0.1, 0.15) is 0 Å². The molecule has 3 N–H and O–H groups in total. The second-order valence-corrected chi connectivity index (χ2v) is 4.52. The Morgan fingerprint density at radius 1 is 1.60 bits per heavy atom. The lowest BCUT2D eigenvalue weighted by Crippen LogP contribution is -2.25. The molecule has 0 fully saturated rings. The van der Waals surface area contributed by atoms with Crippen molar-refractivity contribution in [1.82, 2.24) is 9.82 Å². The first-order valence-corrected chi connectivity index (χ1v) is 5.73. The van der Waals surface area contributed by atoms with Crippen LogP contribution in [-0.4, -0.2) is 19.4 Å². The molecular formula is C6H6Cl2N4O2S. The summed E-state index contributed by atoms with van der Waals surface area (Å²) < 4.78 is 26.2. The van der Waals surface area contributed by atoms with Crippen molar-refractivity contribution in [3.63, 3.8) is 0 Å². The first-order valence-electron chi connectivity index (χ1n) is 3.54. The second kappa shape index (κ2) is 4.65. The number of sulfonamides is 1. The van der Waals surface area contributed by atoms with E-state index in [1.54, 1.807) is 0 Å². The molecule has 0 aromatic carbocycles. The highest BCUT2D eigenvalue weighted by Crippen LogP contribution is 2.20. The van der Waals surface area contributed by atoms with E-state index in [4.69, 9.17) is 29.1 Å². The summed E-state index contributed by atoms with van der Waals surface area (Å²) >= 11 is 10.7. The summed E-state index contributed by atoms with van der Waals surface area (Å²) in [6, 6.07) is 1.33. The van der Waals surface area contributed by atoms with Crippen LogP contribution < -0.4 is 10.6 Å². The van der Waals surface area contributed by atoms with Crippen LogP contribution in [0.5, 0.6) is 0 Å². The van der Waals surface area contributed by atoms with E-state index in [1.165, 1.54) is 12.3 Å². The number of hydrogen-bond acceptors (Lipinski definition) is 3. The van der Waals surface area contributed by atoms with Gasteiger partial charge in [-0.2, -0.15) is 8.42 Å². The van der Waals surface area contributed by atoms with Crippen LogP contribution in [0.15, 0.2) is 27.8 Å². The quantitative estimate of drug-likeness (QED) is 0.462. The van der Waals surface area contributed by atoms with Crippen LogP contribution >= 0.6 is 23.4 Å². The fourth-order valence-corrected chi connectivity index (χ4v) is 2.15. The molecule has 0 aliphatic rings. The molecule has 1 aromatic heterocycles. The van der Waals surface area contributed by atoms with E-state index in [9.17, 15) is 8.42 Å². The van der Waals surface area contributed by atoms with Crippen molar-refractivity contribution in [2.45, 2.75) is 4.90 Å². The highest BCUT2D eigenvalue weighted by Gasteiger charge is 2.17. The zero-order chi connectivity index (χ0) is 11.5. The molecule has 0 atom stereocenters. The van der Waals surface area contributed by atoms with Gasteiger partial charge in [0.1, 0.15) is 4.90 Å². The van der Waals surface area contributed by atoms with Gasteiger partial charge in [-0.05, 0) is 6.07 Å². The van der Waals surface area contributed by atoms with Crippen LogP contribution in [0.3, 0.4) is 0 Å². The SMILES string of the molecule is NC(=NS(=O)(=O)c1cnccc1Cl)NCl. The third kappa shape index (κ3) is 2.95. The fourth-order valence-electron chi connectivity index (χ4n) is 0.749. The minimum absolute atomic E-state index is 0.0103. The maximum absolute atomic E-state index is 11.5. The summed E-state index contributed by atoms with van der Waals surface area (Å²) in [5.74, 6) is -0.448. The Bertz CT molecular complexity index is 488. The number of aromatic nitrogens is 1. The number of halogens is 2. The van der Waals surface area contributed by atoms with E-state index in [2.05, 4.69) is 9.38 Å². The number of rotatable bonds is 2. The largest absolute Gasteiger partial charge is 0.368 e. The van der Waals surface area contributed by atoms with Crippen molar-refractivity contribution >= 4 is 39.4 Å². The summed E-state index contributed by atoms with van der Waals surface area (Å²) in [5, 5.41) is 0.0103. The lowest BCUT2D eigenvalue weighted by molar-refractivity contribution is 0.597. The maximum Gasteiger partial charge on any atom is 0.288 e. The van der Waals surface area contributed by atoms with Crippen LogP contribution in [-0.2, 0) is 10.0 Å². The molecule has 82 valence electrons. The number of nitrogens with two attached hydrogens (primary N) is 1. The average molecular weight is 269 g/mol. The molecule has 1 heterocycles. The van der Waals surface area contributed by atoms with Crippen LogP contribution in [0.2, 0.25) is 5.02 Å². The van der Waals surface area contributed by atoms with E-state index in [-0.39, 0.29) is 9.92 Å². The fraction of sp³-hybridized carbons (Fsp3) is 0. The molecule has 6 nitrogen and oxygen atoms in total. The first-order chi connectivity index (χ1) is 6.97. The van der Waals surface area contributed by atoms with Gasteiger partial charge in [-0.25, -0.2) is 0 Å². The molecule has 15 heavy (non-hydrogen) atoms. The summed E-state index contributed by atoms with van der Waals surface area (Å²) in [4.78, 5) is 5.25. The number of nitrogens with one attached hydrogen (secondary N) is 1. The van der Waals surface area contributed by atoms with E-state index < -0.39 is 16.0 Å². The highest BCUT2D eigenvalue weighted by molar-refractivity contribution is 7.90. The highest BCUT2D eigenvalue weighted by atomic mass is 35.5. The topological polar surface area (TPSA) is 97.4 Å². The van der Waals surface area contributed by atoms with E-state index in [1.807, 2.05) is 4.84 Å². The third-order valence-electron chi connectivity index (χ3n) is 1.33. The molecule has 0 aliphatic heterocycles. The molecule has 0 radical (unpaired) electrons. The van der Waals surface area contributed by atoms with Gasteiger partial charge >= 0.3 is 0 Å². The molecule has 0 aliphatic carbocycles. The molecular weight excluding hydrogens is 263 g/mol. The molecule has 9 heteroatoms. The van der Waals surface area contributed by atoms with Crippen molar-refractivity contribution in [1.29, 1.82) is 0 Å². The molecule has 0 saturated heterocycles. The zero-order valence-corrected chi connectivity index (χ0v) is 9.51. The summed E-state index contributed by atoms with van der Waals surface area (Å²) in [6.07, 6.45) is 2.43. The van der Waals surface area contributed by atoms with Gasteiger partial charge in [-0.1, -0.05) is 11.6 Å². The first kappa shape index (κ1) is 12.0. The molecule has 0 amide bonds. The monoisotopic (exact) mass is 268 g/mol. The maximum atomic E-state index is 11.5. The standard InChI is InChI=1S/C6H6Cl2N4O2S/c7-4-1-2-10-3-5(4)15(13,14)12-6(9)11-8/h1-3H,(H3,9,11,12). The van der Waals surface area contributed by atoms with Gasteiger partial charge in [0.05, 0.1) is 5.02 Å². The minimum atomic E-state index is -3.98. The van der Waals surface area contributed by atoms with Crippen molar-refractivity contribution < 1.29 is 8.42 Å². The van der Waals surface area contributed by atoms with E-state index >= 15 is 0 Å². The summed E-state index contributed by atoms with van der Waals surface area (Å²) in [6.45, 7) is 0. The van der Waals surface area contributed by atoms with Gasteiger partial charge in [-0.15, -0.1) is 4.40 Å². The van der Waals surface area contributed by atoms with Crippen molar-refractivity contribution in [2.24, 2.45) is 10.1 Å². The third-order valence-corrected chi connectivity index (χ3v) is 3.28. The zero-order valence-electron chi connectivity index (χ0n) is 7.18. The molecule has 0 saturated carbocycles. The van der Waals surface area contributed by atoms with Crippen molar-refractivity contribution in [3.8, 4) is 0 Å². The Morgan fingerprint density at radius 3 is 2.80 bits per heavy atom. The minimum Gasteiger partial charge on any atom is -0.368 e. The Kier molecular flexibility index (Phi) is 3.72. The van der Waals surface area contributed by atoms with Gasteiger partial charge in [0, 0.05) is 24.2 Å². The second-order valence-electron chi connectivity index (χ2n) is 2.35. The van der Waals surface area contributed by atoms with Crippen LogP contribution in [0.25, 0.3) is 0 Å². The number of pyridine rings is 1. The molecule has 1 aromatic rings. The Morgan fingerprint density at radius 2 is 2.27 bits per heavy atom. The van der Waals surface area contributed by atoms with E-state index in [0.29, 0.717) is 0 Å². The Labute approximate surface area is 96.3 Å². The Hall–Kier alpha value is -1.05. The molecule has 0 bridgehead atoms. The van der Waals surface area contributed by atoms with Crippen molar-refractivity contribution in [3.05, 3.63) is 23.5 Å². The van der Waals surface area contributed by atoms with E-state index in [0.717, 1.165) is 6.20 Å². The summed E-state index contributed by atoms with van der Waals surface area (Å²) in [7, 11) is -3.98.